The second kappa shape index (κ2) is 5.61. The van der Waals surface area contributed by atoms with Crippen LogP contribution in [0.15, 0.2) is 0 Å². The van der Waals surface area contributed by atoms with E-state index < -0.39 is 0 Å². The van der Waals surface area contributed by atoms with E-state index in [0.717, 1.165) is 38.9 Å². The van der Waals surface area contributed by atoms with Crippen molar-refractivity contribution in [3.05, 3.63) is 0 Å². The number of carbonyl (C=O) groups is 1. The van der Waals surface area contributed by atoms with E-state index >= 15 is 0 Å². The fourth-order valence-corrected chi connectivity index (χ4v) is 1.63. The molecule has 0 aromatic heterocycles. The molecule has 0 aliphatic carbocycles. The molecule has 0 N–H and O–H groups in total. The molecule has 1 saturated heterocycles. The van der Waals surface area contributed by atoms with E-state index in [9.17, 15) is 4.79 Å². The van der Waals surface area contributed by atoms with Crippen LogP contribution in [0.4, 0.5) is 0 Å². The molecule has 3 nitrogen and oxygen atoms in total. The van der Waals surface area contributed by atoms with Crippen molar-refractivity contribution in [2.75, 3.05) is 13.2 Å². The van der Waals surface area contributed by atoms with Crippen LogP contribution in [-0.2, 0) is 14.3 Å². The van der Waals surface area contributed by atoms with Gasteiger partial charge in [-0.05, 0) is 26.2 Å². The molecule has 1 rings (SSSR count). The largest absolute Gasteiger partial charge is 0.350 e. The van der Waals surface area contributed by atoms with Crippen LogP contribution in [0.1, 0.15) is 46.5 Å². The monoisotopic (exact) mass is 214 g/mol. The van der Waals surface area contributed by atoms with Gasteiger partial charge in [0.1, 0.15) is 5.78 Å². The van der Waals surface area contributed by atoms with Crippen molar-refractivity contribution in [3.63, 3.8) is 0 Å². The Kier molecular flexibility index (Phi) is 4.74. The third-order valence-corrected chi connectivity index (χ3v) is 3.14. The molecule has 0 aromatic rings. The highest BCUT2D eigenvalue weighted by Gasteiger charge is 2.23. The number of ketones is 1. The predicted molar refractivity (Wildman–Crippen MR) is 58.6 cm³/mol. The summed E-state index contributed by atoms with van der Waals surface area (Å²) in [5.74, 6) is 0.274. The van der Waals surface area contributed by atoms with Crippen LogP contribution in [0.2, 0.25) is 0 Å². The van der Waals surface area contributed by atoms with E-state index in [0.29, 0.717) is 0 Å². The van der Waals surface area contributed by atoms with Crippen LogP contribution in [0, 0.1) is 5.41 Å². The van der Waals surface area contributed by atoms with E-state index in [4.69, 9.17) is 9.47 Å². The maximum absolute atomic E-state index is 11.3. The van der Waals surface area contributed by atoms with Crippen LogP contribution in [0.5, 0.6) is 0 Å². The Morgan fingerprint density at radius 3 is 2.40 bits per heavy atom. The fourth-order valence-electron chi connectivity index (χ4n) is 1.63. The molecule has 0 spiro atoms. The topological polar surface area (TPSA) is 35.5 Å². The minimum Gasteiger partial charge on any atom is -0.350 e. The first-order valence-electron chi connectivity index (χ1n) is 5.76. The van der Waals surface area contributed by atoms with Crippen molar-refractivity contribution in [2.24, 2.45) is 5.41 Å². The quantitative estimate of drug-likeness (QED) is 0.637. The Labute approximate surface area is 92.1 Å². The standard InChI is InChI=1S/C12H22O3/c1-10(13)12(2,3)7-5-4-6-11-14-8-9-15-11/h11H,4-9H2,1-3H3. The second-order valence-electron chi connectivity index (χ2n) is 4.86. The van der Waals surface area contributed by atoms with E-state index in [-0.39, 0.29) is 17.5 Å². The number of Topliss-reactive ketones (excluding diaryl/α,β-unsaturated/α-hetero) is 1. The van der Waals surface area contributed by atoms with Crippen molar-refractivity contribution in [3.8, 4) is 0 Å². The van der Waals surface area contributed by atoms with Crippen molar-refractivity contribution >= 4 is 5.78 Å². The highest BCUT2D eigenvalue weighted by Crippen LogP contribution is 2.25. The predicted octanol–water partition coefficient (Wildman–Crippen LogP) is 2.53. The number of unbranched alkanes of at least 4 members (excludes halogenated alkanes) is 1. The molecule has 0 saturated carbocycles. The lowest BCUT2D eigenvalue weighted by molar-refractivity contribution is -0.125. The minimum absolute atomic E-state index is 0.00504. The molecule has 1 fully saturated rings. The lowest BCUT2D eigenvalue weighted by atomic mass is 9.83. The number of rotatable bonds is 6. The molecular weight excluding hydrogens is 192 g/mol. The third kappa shape index (κ3) is 4.31. The minimum atomic E-state index is -0.169. The summed E-state index contributed by atoms with van der Waals surface area (Å²) >= 11 is 0. The average molecular weight is 214 g/mol. The van der Waals surface area contributed by atoms with Crippen LogP contribution in [-0.4, -0.2) is 25.3 Å². The SMILES string of the molecule is CC(=O)C(C)(C)CCCCC1OCCO1. The molecule has 0 bridgehead atoms. The first-order valence-corrected chi connectivity index (χ1v) is 5.76. The van der Waals surface area contributed by atoms with Gasteiger partial charge in [0.25, 0.3) is 0 Å². The van der Waals surface area contributed by atoms with Crippen molar-refractivity contribution in [1.82, 2.24) is 0 Å². The van der Waals surface area contributed by atoms with Crippen LogP contribution < -0.4 is 0 Å². The summed E-state index contributed by atoms with van der Waals surface area (Å²) in [6.45, 7) is 7.15. The highest BCUT2D eigenvalue weighted by molar-refractivity contribution is 5.81. The third-order valence-electron chi connectivity index (χ3n) is 3.14. The number of hydrogen-bond donors (Lipinski definition) is 0. The van der Waals surface area contributed by atoms with Gasteiger partial charge in [-0.1, -0.05) is 20.3 Å². The first kappa shape index (κ1) is 12.7. The molecule has 1 heterocycles. The van der Waals surface area contributed by atoms with Gasteiger partial charge in [0.05, 0.1) is 13.2 Å². The van der Waals surface area contributed by atoms with Crippen LogP contribution >= 0.6 is 0 Å². The zero-order valence-corrected chi connectivity index (χ0v) is 10.0. The average Bonchev–Trinajstić information content (AvgIpc) is 2.64. The Morgan fingerprint density at radius 2 is 1.87 bits per heavy atom. The van der Waals surface area contributed by atoms with Crippen molar-refractivity contribution < 1.29 is 14.3 Å². The molecule has 0 radical (unpaired) electrons. The fraction of sp³-hybridized carbons (Fsp3) is 0.917. The maximum Gasteiger partial charge on any atom is 0.157 e. The molecular formula is C12H22O3. The highest BCUT2D eigenvalue weighted by atomic mass is 16.7. The lowest BCUT2D eigenvalue weighted by Gasteiger charge is -2.20. The van der Waals surface area contributed by atoms with Gasteiger partial charge in [-0.3, -0.25) is 4.79 Å². The summed E-state index contributed by atoms with van der Waals surface area (Å²) in [6.07, 6.45) is 4.05. The van der Waals surface area contributed by atoms with Crippen LogP contribution in [0.3, 0.4) is 0 Å². The molecule has 1 aliphatic rings. The zero-order valence-electron chi connectivity index (χ0n) is 10.0. The maximum atomic E-state index is 11.3. The smallest absolute Gasteiger partial charge is 0.157 e. The van der Waals surface area contributed by atoms with Crippen molar-refractivity contribution in [2.45, 2.75) is 52.7 Å². The molecule has 0 unspecified atom stereocenters. The summed E-state index contributed by atoms with van der Waals surface area (Å²) in [5, 5.41) is 0. The number of carbonyl (C=O) groups excluding carboxylic acids is 1. The Morgan fingerprint density at radius 1 is 1.27 bits per heavy atom. The summed E-state index contributed by atoms with van der Waals surface area (Å²) in [6, 6.07) is 0. The molecule has 1 aliphatic heterocycles. The molecule has 0 aromatic carbocycles. The Bertz CT molecular complexity index is 205. The molecule has 0 atom stereocenters. The Hall–Kier alpha value is -0.410. The summed E-state index contributed by atoms with van der Waals surface area (Å²) < 4.78 is 10.7. The number of ether oxygens (including phenoxy) is 2. The summed E-state index contributed by atoms with van der Waals surface area (Å²) in [5.41, 5.74) is -0.169. The lowest BCUT2D eigenvalue weighted by Crippen LogP contribution is -2.21. The molecule has 0 amide bonds. The van der Waals surface area contributed by atoms with Gasteiger partial charge in [-0.25, -0.2) is 0 Å². The van der Waals surface area contributed by atoms with Crippen molar-refractivity contribution in [1.29, 1.82) is 0 Å². The molecule has 88 valence electrons. The van der Waals surface area contributed by atoms with E-state index in [1.807, 2.05) is 13.8 Å². The zero-order chi connectivity index (χ0) is 11.3. The second-order valence-corrected chi connectivity index (χ2v) is 4.86. The van der Waals surface area contributed by atoms with E-state index in [1.54, 1.807) is 6.92 Å². The van der Waals surface area contributed by atoms with Gasteiger partial charge in [0.2, 0.25) is 0 Å². The summed E-state index contributed by atoms with van der Waals surface area (Å²) in [7, 11) is 0. The molecule has 3 heteroatoms. The van der Waals surface area contributed by atoms with E-state index in [2.05, 4.69) is 0 Å². The van der Waals surface area contributed by atoms with Gasteiger partial charge in [-0.15, -0.1) is 0 Å². The van der Waals surface area contributed by atoms with Gasteiger partial charge in [0.15, 0.2) is 6.29 Å². The first-order chi connectivity index (χ1) is 7.02. The van der Waals surface area contributed by atoms with Gasteiger partial charge in [0, 0.05) is 5.41 Å². The number of hydrogen-bond acceptors (Lipinski definition) is 3. The Balaban J connectivity index is 2.08. The molecule has 15 heavy (non-hydrogen) atoms. The summed E-state index contributed by atoms with van der Waals surface area (Å²) in [4.78, 5) is 11.3. The van der Waals surface area contributed by atoms with E-state index in [1.165, 1.54) is 0 Å². The van der Waals surface area contributed by atoms with Gasteiger partial charge < -0.3 is 9.47 Å². The van der Waals surface area contributed by atoms with Crippen LogP contribution in [0.25, 0.3) is 0 Å². The van der Waals surface area contributed by atoms with Gasteiger partial charge in [-0.2, -0.15) is 0 Å². The normalized spacial score (nSPS) is 18.3. The van der Waals surface area contributed by atoms with Gasteiger partial charge >= 0.3 is 0 Å².